The van der Waals surface area contributed by atoms with E-state index in [1.165, 1.54) is 0 Å². The van der Waals surface area contributed by atoms with Crippen molar-refractivity contribution in [3.63, 3.8) is 0 Å². The number of carbonyl (C=O) groups excluding carboxylic acids is 1. The number of benzene rings is 2. The lowest BCUT2D eigenvalue weighted by atomic mass is 10.2. The maximum Gasteiger partial charge on any atom is 0.150 e. The summed E-state index contributed by atoms with van der Waals surface area (Å²) in [5.74, 6) is 0. The summed E-state index contributed by atoms with van der Waals surface area (Å²) >= 11 is 5.94. The first-order valence-corrected chi connectivity index (χ1v) is 5.39. The van der Waals surface area contributed by atoms with Crippen molar-refractivity contribution in [3.05, 3.63) is 59.1 Å². The highest BCUT2D eigenvalue weighted by Crippen LogP contribution is 2.25. The van der Waals surface area contributed by atoms with E-state index in [9.17, 15) is 4.79 Å². The molecule has 0 saturated heterocycles. The first-order valence-electron chi connectivity index (χ1n) is 5.01. The molecule has 0 radical (unpaired) electrons. The van der Waals surface area contributed by atoms with Crippen LogP contribution in [0.3, 0.4) is 0 Å². The Morgan fingerprint density at radius 1 is 0.941 bits per heavy atom. The molecule has 4 heteroatoms. The molecule has 3 nitrogen and oxygen atoms in total. The van der Waals surface area contributed by atoms with E-state index in [0.29, 0.717) is 22.0 Å². The molecule has 0 bridgehead atoms. The fraction of sp³-hybridized carbons (Fsp3) is 0. The van der Waals surface area contributed by atoms with Crippen molar-refractivity contribution in [2.75, 3.05) is 0 Å². The molecular weight excluding hydrogens is 236 g/mol. The lowest BCUT2D eigenvalue weighted by Crippen LogP contribution is -1.75. The summed E-state index contributed by atoms with van der Waals surface area (Å²) < 4.78 is 0. The van der Waals surface area contributed by atoms with Crippen molar-refractivity contribution in [1.29, 1.82) is 0 Å². The standard InChI is InChI=1S/C13H9ClN2O/c14-12-3-1-2-4-13(12)16-15-11-7-5-10(9-17)6-8-11/h1-9H. The number of nitrogens with zero attached hydrogens (tertiary/aromatic N) is 2. The van der Waals surface area contributed by atoms with E-state index >= 15 is 0 Å². The van der Waals surface area contributed by atoms with E-state index in [1.54, 1.807) is 36.4 Å². The predicted molar refractivity (Wildman–Crippen MR) is 67.5 cm³/mol. The lowest BCUT2D eigenvalue weighted by molar-refractivity contribution is 0.112. The molecule has 0 atom stereocenters. The van der Waals surface area contributed by atoms with Crippen LogP contribution < -0.4 is 0 Å². The third-order valence-corrected chi connectivity index (χ3v) is 2.47. The fourth-order valence-corrected chi connectivity index (χ4v) is 1.44. The van der Waals surface area contributed by atoms with E-state index in [-0.39, 0.29) is 0 Å². The zero-order valence-electron chi connectivity index (χ0n) is 8.88. The third-order valence-electron chi connectivity index (χ3n) is 2.15. The zero-order valence-corrected chi connectivity index (χ0v) is 9.63. The lowest BCUT2D eigenvalue weighted by Gasteiger charge is -1.95. The van der Waals surface area contributed by atoms with Crippen LogP contribution in [0.5, 0.6) is 0 Å². The van der Waals surface area contributed by atoms with Gasteiger partial charge in [-0.1, -0.05) is 23.7 Å². The van der Waals surface area contributed by atoms with Crippen molar-refractivity contribution in [2.24, 2.45) is 10.2 Å². The maximum absolute atomic E-state index is 10.5. The number of hydrogen-bond donors (Lipinski definition) is 0. The van der Waals surface area contributed by atoms with E-state index < -0.39 is 0 Å². The zero-order chi connectivity index (χ0) is 12.1. The normalized spacial score (nSPS) is 10.6. The van der Waals surface area contributed by atoms with Gasteiger partial charge in [-0.25, -0.2) is 0 Å². The minimum atomic E-state index is 0.556. The van der Waals surface area contributed by atoms with Crippen molar-refractivity contribution < 1.29 is 4.79 Å². The summed E-state index contributed by atoms with van der Waals surface area (Å²) in [5.41, 5.74) is 1.91. The van der Waals surface area contributed by atoms with Crippen LogP contribution in [0, 0.1) is 0 Å². The molecule has 17 heavy (non-hydrogen) atoms. The van der Waals surface area contributed by atoms with Gasteiger partial charge < -0.3 is 0 Å². The van der Waals surface area contributed by atoms with Gasteiger partial charge in [0, 0.05) is 5.56 Å². The Morgan fingerprint density at radius 3 is 2.29 bits per heavy atom. The van der Waals surface area contributed by atoms with Gasteiger partial charge in [-0.2, -0.15) is 5.11 Å². The molecule has 0 saturated carbocycles. The molecule has 0 aliphatic carbocycles. The van der Waals surface area contributed by atoms with Gasteiger partial charge in [0.15, 0.2) is 0 Å². The first-order chi connectivity index (χ1) is 8.29. The minimum absolute atomic E-state index is 0.556. The van der Waals surface area contributed by atoms with Crippen molar-refractivity contribution in [2.45, 2.75) is 0 Å². The van der Waals surface area contributed by atoms with Gasteiger partial charge in [0.1, 0.15) is 12.0 Å². The van der Waals surface area contributed by atoms with Gasteiger partial charge >= 0.3 is 0 Å². The van der Waals surface area contributed by atoms with Crippen LogP contribution in [0.2, 0.25) is 5.02 Å². The van der Waals surface area contributed by atoms with Crippen LogP contribution in [-0.4, -0.2) is 6.29 Å². The highest BCUT2D eigenvalue weighted by molar-refractivity contribution is 6.32. The molecule has 0 unspecified atom stereocenters. The number of halogens is 1. The second-order valence-corrected chi connectivity index (χ2v) is 3.77. The molecule has 0 amide bonds. The van der Waals surface area contributed by atoms with E-state index in [2.05, 4.69) is 10.2 Å². The molecule has 0 spiro atoms. The fourth-order valence-electron chi connectivity index (χ4n) is 1.26. The second kappa shape index (κ2) is 5.37. The van der Waals surface area contributed by atoms with Gasteiger partial charge in [-0.3, -0.25) is 4.79 Å². The van der Waals surface area contributed by atoms with Gasteiger partial charge in [0.2, 0.25) is 0 Å². The molecule has 0 fully saturated rings. The van der Waals surface area contributed by atoms with Crippen LogP contribution in [0.15, 0.2) is 58.8 Å². The van der Waals surface area contributed by atoms with E-state index in [1.807, 2.05) is 12.1 Å². The number of azo groups is 1. The average Bonchev–Trinajstić information content (AvgIpc) is 2.38. The monoisotopic (exact) mass is 244 g/mol. The molecule has 2 rings (SSSR count). The smallest absolute Gasteiger partial charge is 0.150 e. The molecule has 0 aromatic heterocycles. The Balaban J connectivity index is 2.20. The summed E-state index contributed by atoms with van der Waals surface area (Å²) in [6.07, 6.45) is 0.787. The Kier molecular flexibility index (Phi) is 3.62. The molecule has 84 valence electrons. The van der Waals surface area contributed by atoms with Crippen LogP contribution in [0.4, 0.5) is 11.4 Å². The molecule has 2 aromatic carbocycles. The van der Waals surface area contributed by atoms with Crippen LogP contribution in [0.25, 0.3) is 0 Å². The molecule has 2 aromatic rings. The van der Waals surface area contributed by atoms with E-state index in [4.69, 9.17) is 11.6 Å². The molecular formula is C13H9ClN2O. The number of carbonyl (C=O) groups is 1. The minimum Gasteiger partial charge on any atom is -0.298 e. The molecule has 0 heterocycles. The molecule has 0 aliphatic heterocycles. The first kappa shape index (κ1) is 11.5. The molecule has 0 aliphatic rings. The number of rotatable bonds is 3. The average molecular weight is 245 g/mol. The maximum atomic E-state index is 10.5. The Morgan fingerprint density at radius 2 is 1.65 bits per heavy atom. The summed E-state index contributed by atoms with van der Waals surface area (Å²) in [6, 6.07) is 14.0. The van der Waals surface area contributed by atoms with Crippen LogP contribution in [0.1, 0.15) is 10.4 Å². The summed E-state index contributed by atoms with van der Waals surface area (Å²) in [4.78, 5) is 10.5. The highest BCUT2D eigenvalue weighted by atomic mass is 35.5. The highest BCUT2D eigenvalue weighted by Gasteiger charge is 1.96. The summed E-state index contributed by atoms with van der Waals surface area (Å²) in [6.45, 7) is 0. The largest absolute Gasteiger partial charge is 0.298 e. The molecule has 0 N–H and O–H groups in total. The van der Waals surface area contributed by atoms with Crippen molar-refractivity contribution >= 4 is 29.3 Å². The van der Waals surface area contributed by atoms with E-state index in [0.717, 1.165) is 6.29 Å². The second-order valence-electron chi connectivity index (χ2n) is 3.36. The van der Waals surface area contributed by atoms with Crippen LogP contribution >= 0.6 is 11.6 Å². The van der Waals surface area contributed by atoms with Gasteiger partial charge in [-0.15, -0.1) is 5.11 Å². The third kappa shape index (κ3) is 2.98. The van der Waals surface area contributed by atoms with Crippen molar-refractivity contribution in [3.8, 4) is 0 Å². The Bertz CT molecular complexity index is 550. The summed E-state index contributed by atoms with van der Waals surface area (Å²) in [7, 11) is 0. The quantitative estimate of drug-likeness (QED) is 0.576. The SMILES string of the molecule is O=Cc1ccc(N=Nc2ccccc2Cl)cc1. The van der Waals surface area contributed by atoms with Gasteiger partial charge in [0.05, 0.1) is 10.7 Å². The van der Waals surface area contributed by atoms with Gasteiger partial charge in [-0.05, 0) is 36.4 Å². The Hall–Kier alpha value is -2.00. The van der Waals surface area contributed by atoms with Gasteiger partial charge in [0.25, 0.3) is 0 Å². The number of hydrogen-bond acceptors (Lipinski definition) is 3. The number of aldehydes is 1. The summed E-state index contributed by atoms with van der Waals surface area (Å²) in [5, 5.41) is 8.63. The Labute approximate surface area is 104 Å². The topological polar surface area (TPSA) is 41.8 Å². The van der Waals surface area contributed by atoms with Crippen molar-refractivity contribution in [1.82, 2.24) is 0 Å². The van der Waals surface area contributed by atoms with Crippen LogP contribution in [-0.2, 0) is 0 Å². The predicted octanol–water partition coefficient (Wildman–Crippen LogP) is 4.57.